The summed E-state index contributed by atoms with van der Waals surface area (Å²) in [5.41, 5.74) is 0. The maximum Gasteiger partial charge on any atom is 0.223 e. The molecule has 1 aromatic rings. The van der Waals surface area contributed by atoms with Gasteiger partial charge in [0.25, 0.3) is 0 Å². The Bertz CT molecular complexity index is 322. The van der Waals surface area contributed by atoms with Crippen molar-refractivity contribution in [3.8, 4) is 0 Å². The Balaban J connectivity index is 1.60. The van der Waals surface area contributed by atoms with Gasteiger partial charge in [-0.25, -0.2) is 0 Å². The SMILES string of the molecule is CCN(CCNCc1noc(C)n1)C1CC1. The minimum absolute atomic E-state index is 0.630. The number of nitrogens with one attached hydrogen (secondary N) is 1. The maximum atomic E-state index is 4.90. The molecule has 16 heavy (non-hydrogen) atoms. The van der Waals surface area contributed by atoms with Gasteiger partial charge in [-0.2, -0.15) is 4.98 Å². The number of aromatic nitrogens is 2. The van der Waals surface area contributed by atoms with Crippen molar-refractivity contribution < 1.29 is 4.52 Å². The third-order valence-electron chi connectivity index (χ3n) is 2.90. The summed E-state index contributed by atoms with van der Waals surface area (Å²) in [4.78, 5) is 6.66. The number of aryl methyl sites for hydroxylation is 1. The number of likely N-dealkylation sites (N-methyl/N-ethyl adjacent to an activating group) is 1. The van der Waals surface area contributed by atoms with Gasteiger partial charge in [-0.1, -0.05) is 12.1 Å². The van der Waals surface area contributed by atoms with Gasteiger partial charge >= 0.3 is 0 Å². The third-order valence-corrected chi connectivity index (χ3v) is 2.90. The molecular formula is C11H20N4O. The van der Waals surface area contributed by atoms with E-state index in [1.54, 1.807) is 0 Å². The van der Waals surface area contributed by atoms with Crippen LogP contribution in [0.25, 0.3) is 0 Å². The van der Waals surface area contributed by atoms with E-state index < -0.39 is 0 Å². The molecule has 5 nitrogen and oxygen atoms in total. The highest BCUT2D eigenvalue weighted by Crippen LogP contribution is 2.25. The van der Waals surface area contributed by atoms with Crippen molar-refractivity contribution in [1.29, 1.82) is 0 Å². The zero-order valence-corrected chi connectivity index (χ0v) is 10.1. The van der Waals surface area contributed by atoms with E-state index in [1.807, 2.05) is 6.92 Å². The molecule has 1 aliphatic rings. The average molecular weight is 224 g/mol. The van der Waals surface area contributed by atoms with E-state index in [9.17, 15) is 0 Å². The summed E-state index contributed by atoms with van der Waals surface area (Å²) in [7, 11) is 0. The smallest absolute Gasteiger partial charge is 0.223 e. The minimum Gasteiger partial charge on any atom is -0.340 e. The third kappa shape index (κ3) is 3.28. The highest BCUT2D eigenvalue weighted by Gasteiger charge is 2.26. The van der Waals surface area contributed by atoms with Gasteiger partial charge in [0.05, 0.1) is 6.54 Å². The van der Waals surface area contributed by atoms with E-state index in [-0.39, 0.29) is 0 Å². The first-order chi connectivity index (χ1) is 7.79. The van der Waals surface area contributed by atoms with E-state index in [1.165, 1.54) is 12.8 Å². The maximum absolute atomic E-state index is 4.90. The Morgan fingerprint density at radius 2 is 2.31 bits per heavy atom. The van der Waals surface area contributed by atoms with Gasteiger partial charge in [-0.3, -0.25) is 4.90 Å². The molecule has 5 heteroatoms. The molecule has 1 heterocycles. The highest BCUT2D eigenvalue weighted by molar-refractivity contribution is 4.85. The van der Waals surface area contributed by atoms with Crippen LogP contribution in [0.2, 0.25) is 0 Å². The average Bonchev–Trinajstić information content (AvgIpc) is 3.03. The van der Waals surface area contributed by atoms with Crippen molar-refractivity contribution in [3.05, 3.63) is 11.7 Å². The van der Waals surface area contributed by atoms with Gasteiger partial charge < -0.3 is 9.84 Å². The van der Waals surface area contributed by atoms with Gasteiger partial charge in [0, 0.05) is 26.1 Å². The summed E-state index contributed by atoms with van der Waals surface area (Å²) in [5, 5.41) is 7.17. The van der Waals surface area contributed by atoms with Crippen LogP contribution in [0, 0.1) is 6.92 Å². The molecule has 0 aromatic carbocycles. The van der Waals surface area contributed by atoms with Crippen molar-refractivity contribution in [2.75, 3.05) is 19.6 Å². The van der Waals surface area contributed by atoms with Crippen molar-refractivity contribution >= 4 is 0 Å². The molecule has 1 aliphatic carbocycles. The standard InChI is InChI=1S/C11H20N4O/c1-3-15(10-4-5-10)7-6-12-8-11-13-9(2)16-14-11/h10,12H,3-8H2,1-2H3. The predicted octanol–water partition coefficient (Wildman–Crippen LogP) is 0.952. The topological polar surface area (TPSA) is 54.2 Å². The lowest BCUT2D eigenvalue weighted by atomic mass is 10.4. The molecule has 1 saturated carbocycles. The summed E-state index contributed by atoms with van der Waals surface area (Å²) in [6.07, 6.45) is 2.75. The fourth-order valence-electron chi connectivity index (χ4n) is 1.87. The van der Waals surface area contributed by atoms with E-state index in [0.29, 0.717) is 12.4 Å². The Labute approximate surface area is 96.2 Å². The molecule has 0 saturated heterocycles. The largest absolute Gasteiger partial charge is 0.340 e. The molecule has 0 bridgehead atoms. The van der Waals surface area contributed by atoms with Gasteiger partial charge in [-0.05, 0) is 19.4 Å². The lowest BCUT2D eigenvalue weighted by Gasteiger charge is -2.19. The summed E-state index contributed by atoms with van der Waals surface area (Å²) < 4.78 is 4.90. The van der Waals surface area contributed by atoms with Crippen LogP contribution in [0.3, 0.4) is 0 Å². The zero-order chi connectivity index (χ0) is 11.4. The minimum atomic E-state index is 0.630. The molecule has 90 valence electrons. The second kappa shape index (κ2) is 5.41. The molecule has 0 unspecified atom stereocenters. The lowest BCUT2D eigenvalue weighted by molar-refractivity contribution is 0.276. The molecule has 0 aliphatic heterocycles. The van der Waals surface area contributed by atoms with Gasteiger partial charge in [-0.15, -0.1) is 0 Å². The first-order valence-corrected chi connectivity index (χ1v) is 6.03. The van der Waals surface area contributed by atoms with Crippen molar-refractivity contribution in [2.24, 2.45) is 0 Å². The molecule has 1 N–H and O–H groups in total. The monoisotopic (exact) mass is 224 g/mol. The van der Waals surface area contributed by atoms with Crippen molar-refractivity contribution in [3.63, 3.8) is 0 Å². The van der Waals surface area contributed by atoms with E-state index in [0.717, 1.165) is 31.5 Å². The van der Waals surface area contributed by atoms with Crippen LogP contribution in [-0.2, 0) is 6.54 Å². The number of nitrogens with zero attached hydrogens (tertiary/aromatic N) is 3. The zero-order valence-electron chi connectivity index (χ0n) is 10.1. The van der Waals surface area contributed by atoms with E-state index in [2.05, 4.69) is 27.3 Å². The summed E-state index contributed by atoms with van der Waals surface area (Å²) in [5.74, 6) is 1.37. The van der Waals surface area contributed by atoms with Crippen LogP contribution in [-0.4, -0.2) is 40.7 Å². The molecule has 0 atom stereocenters. The van der Waals surface area contributed by atoms with E-state index >= 15 is 0 Å². The van der Waals surface area contributed by atoms with Crippen LogP contribution in [0.1, 0.15) is 31.5 Å². The fourth-order valence-corrected chi connectivity index (χ4v) is 1.87. The second-order valence-corrected chi connectivity index (χ2v) is 4.27. The molecule has 1 aromatic heterocycles. The molecule has 0 spiro atoms. The number of hydrogen-bond acceptors (Lipinski definition) is 5. The van der Waals surface area contributed by atoms with Crippen molar-refractivity contribution in [1.82, 2.24) is 20.4 Å². The van der Waals surface area contributed by atoms with Gasteiger partial charge in [0.15, 0.2) is 5.82 Å². The highest BCUT2D eigenvalue weighted by atomic mass is 16.5. The molecule has 1 fully saturated rings. The Hall–Kier alpha value is -0.940. The van der Waals surface area contributed by atoms with E-state index in [4.69, 9.17) is 4.52 Å². The van der Waals surface area contributed by atoms with Crippen LogP contribution in [0.15, 0.2) is 4.52 Å². The first-order valence-electron chi connectivity index (χ1n) is 6.03. The van der Waals surface area contributed by atoms with Gasteiger partial charge in [0.1, 0.15) is 0 Å². The normalized spacial score (nSPS) is 15.9. The fraction of sp³-hybridized carbons (Fsp3) is 0.818. The molecule has 2 rings (SSSR count). The molecule has 0 amide bonds. The predicted molar refractivity (Wildman–Crippen MR) is 61.0 cm³/mol. The quantitative estimate of drug-likeness (QED) is 0.699. The Morgan fingerprint density at radius 1 is 1.50 bits per heavy atom. The number of rotatable bonds is 7. The summed E-state index contributed by atoms with van der Waals surface area (Å²) in [6.45, 7) is 7.96. The number of hydrogen-bond donors (Lipinski definition) is 1. The van der Waals surface area contributed by atoms with Crippen LogP contribution in [0.5, 0.6) is 0 Å². The van der Waals surface area contributed by atoms with Crippen LogP contribution in [0.4, 0.5) is 0 Å². The van der Waals surface area contributed by atoms with Crippen molar-refractivity contribution in [2.45, 2.75) is 39.3 Å². The van der Waals surface area contributed by atoms with Gasteiger partial charge in [0.2, 0.25) is 5.89 Å². The lowest BCUT2D eigenvalue weighted by Crippen LogP contribution is -2.33. The van der Waals surface area contributed by atoms with Crippen LogP contribution < -0.4 is 5.32 Å². The second-order valence-electron chi connectivity index (χ2n) is 4.27. The summed E-state index contributed by atoms with van der Waals surface area (Å²) >= 11 is 0. The first kappa shape index (κ1) is 11.5. The molecular weight excluding hydrogens is 204 g/mol. The summed E-state index contributed by atoms with van der Waals surface area (Å²) in [6, 6.07) is 0.846. The molecule has 0 radical (unpaired) electrons. The van der Waals surface area contributed by atoms with Crippen LogP contribution >= 0.6 is 0 Å². The Kier molecular flexibility index (Phi) is 3.90. The Morgan fingerprint density at radius 3 is 2.88 bits per heavy atom.